The molecule has 1 atom stereocenters. The monoisotopic (exact) mass is 476 g/mol. The Hall–Kier alpha value is -4.31. The molecule has 0 bridgehead atoms. The van der Waals surface area contributed by atoms with Gasteiger partial charge in [-0.2, -0.15) is 0 Å². The maximum absolute atomic E-state index is 12.3. The molecular weight excluding hydrogens is 452 g/mol. The van der Waals surface area contributed by atoms with Crippen LogP contribution in [0.2, 0.25) is 0 Å². The first-order valence-corrected chi connectivity index (χ1v) is 10.9. The van der Waals surface area contributed by atoms with Crippen molar-refractivity contribution in [1.82, 2.24) is 20.6 Å². The van der Waals surface area contributed by atoms with Crippen molar-refractivity contribution in [3.05, 3.63) is 83.4 Å². The fourth-order valence-corrected chi connectivity index (χ4v) is 3.92. The number of hydrogen-bond acceptors (Lipinski definition) is 7. The molecule has 4 rings (SSSR count). The number of nitrogens with one attached hydrogen (secondary N) is 2. The Morgan fingerprint density at radius 2 is 1.57 bits per heavy atom. The summed E-state index contributed by atoms with van der Waals surface area (Å²) in [6.07, 6.45) is 0.830. The number of amides is 2. The number of carbonyl (C=O) groups excluding carboxylic acids is 2. The number of carboxylic acids is 1. The first-order valence-electron chi connectivity index (χ1n) is 10.9. The van der Waals surface area contributed by atoms with Gasteiger partial charge in [0.25, 0.3) is 5.91 Å². The maximum atomic E-state index is 12.3. The molecule has 10 nitrogen and oxygen atoms in total. The van der Waals surface area contributed by atoms with Crippen LogP contribution in [0.4, 0.5) is 4.79 Å². The minimum absolute atomic E-state index is 0.0172. The first-order chi connectivity index (χ1) is 17.0. The van der Waals surface area contributed by atoms with Crippen molar-refractivity contribution in [2.75, 3.05) is 20.3 Å². The summed E-state index contributed by atoms with van der Waals surface area (Å²) in [6, 6.07) is 16.2. The number of carbonyl (C=O) groups is 3. The van der Waals surface area contributed by atoms with Crippen LogP contribution in [0.15, 0.2) is 60.9 Å². The van der Waals surface area contributed by atoms with Gasteiger partial charge in [0.05, 0.1) is 18.7 Å². The van der Waals surface area contributed by atoms with Crippen molar-refractivity contribution in [3.63, 3.8) is 0 Å². The second kappa shape index (κ2) is 10.7. The summed E-state index contributed by atoms with van der Waals surface area (Å²) in [4.78, 5) is 43.5. The zero-order valence-electron chi connectivity index (χ0n) is 18.9. The smallest absolute Gasteiger partial charge is 0.407 e. The summed E-state index contributed by atoms with van der Waals surface area (Å²) in [5.74, 6) is -1.47. The molecule has 1 aromatic heterocycles. The molecule has 2 amide bonds. The van der Waals surface area contributed by atoms with E-state index in [0.717, 1.165) is 22.3 Å². The van der Waals surface area contributed by atoms with Crippen LogP contribution >= 0.6 is 0 Å². The van der Waals surface area contributed by atoms with Crippen LogP contribution in [0.3, 0.4) is 0 Å². The third kappa shape index (κ3) is 5.44. The molecule has 1 aliphatic rings. The number of nitrogens with zero attached hydrogens (tertiary/aromatic N) is 2. The van der Waals surface area contributed by atoms with Crippen LogP contribution in [-0.2, 0) is 20.8 Å². The molecule has 0 aliphatic heterocycles. The topological polar surface area (TPSA) is 140 Å². The third-order valence-electron chi connectivity index (χ3n) is 5.71. The van der Waals surface area contributed by atoms with Crippen LogP contribution in [0.1, 0.15) is 33.2 Å². The van der Waals surface area contributed by atoms with Gasteiger partial charge < -0.3 is 25.2 Å². The Morgan fingerprint density at radius 1 is 0.971 bits per heavy atom. The van der Waals surface area contributed by atoms with Crippen LogP contribution < -0.4 is 10.6 Å². The maximum Gasteiger partial charge on any atom is 0.407 e. The molecule has 0 fully saturated rings. The lowest BCUT2D eigenvalue weighted by atomic mass is 9.98. The number of aromatic nitrogens is 2. The molecule has 2 aromatic carbocycles. The zero-order valence-corrected chi connectivity index (χ0v) is 18.9. The van der Waals surface area contributed by atoms with Crippen LogP contribution in [0.25, 0.3) is 11.1 Å². The Labute approximate surface area is 201 Å². The van der Waals surface area contributed by atoms with E-state index in [9.17, 15) is 14.4 Å². The number of benzene rings is 2. The fourth-order valence-electron chi connectivity index (χ4n) is 3.92. The molecule has 3 N–H and O–H groups in total. The third-order valence-corrected chi connectivity index (χ3v) is 5.71. The Morgan fingerprint density at radius 3 is 2.14 bits per heavy atom. The standard InChI is InChI=1S/C25H24N4O6/c1-34-21(24(31)32)12-28-23(30)15-10-26-22(27-11-15)13-29-25(33)35-14-20-18-8-4-2-6-16(18)17-7-3-5-9-19(17)20/h2-11,20-21H,12-14H2,1H3,(H,28,30)(H,29,33)(H,31,32). The summed E-state index contributed by atoms with van der Waals surface area (Å²) < 4.78 is 10.2. The fraction of sp³-hybridized carbons (Fsp3) is 0.240. The van der Waals surface area contributed by atoms with E-state index in [2.05, 4.69) is 32.7 Å². The van der Waals surface area contributed by atoms with Gasteiger partial charge in [-0.3, -0.25) is 4.79 Å². The Balaban J connectivity index is 1.27. The average Bonchev–Trinajstić information content (AvgIpc) is 3.20. The summed E-state index contributed by atoms with van der Waals surface area (Å²) in [5, 5.41) is 14.0. The molecule has 35 heavy (non-hydrogen) atoms. The van der Waals surface area contributed by atoms with E-state index in [4.69, 9.17) is 14.6 Å². The summed E-state index contributed by atoms with van der Waals surface area (Å²) >= 11 is 0. The summed E-state index contributed by atoms with van der Waals surface area (Å²) in [6.45, 7) is 0.0116. The molecule has 1 heterocycles. The van der Waals surface area contributed by atoms with Crippen molar-refractivity contribution in [2.45, 2.75) is 18.6 Å². The second-order valence-corrected chi connectivity index (χ2v) is 7.84. The molecule has 3 aromatic rings. The highest BCUT2D eigenvalue weighted by atomic mass is 16.5. The number of fused-ring (bicyclic) bond motifs is 3. The Kier molecular flexibility index (Phi) is 7.32. The highest BCUT2D eigenvalue weighted by Gasteiger charge is 2.29. The minimum Gasteiger partial charge on any atom is -0.479 e. The molecule has 10 heteroatoms. The predicted molar refractivity (Wildman–Crippen MR) is 125 cm³/mol. The van der Waals surface area contributed by atoms with Gasteiger partial charge in [-0.15, -0.1) is 0 Å². The van der Waals surface area contributed by atoms with Gasteiger partial charge in [0.15, 0.2) is 6.10 Å². The van der Waals surface area contributed by atoms with Crippen molar-refractivity contribution in [2.24, 2.45) is 0 Å². The molecule has 1 unspecified atom stereocenters. The predicted octanol–water partition coefficient (Wildman–Crippen LogP) is 2.34. The van der Waals surface area contributed by atoms with E-state index in [0.29, 0.717) is 0 Å². The van der Waals surface area contributed by atoms with Crippen LogP contribution in [0, 0.1) is 0 Å². The highest BCUT2D eigenvalue weighted by molar-refractivity contribution is 5.93. The number of alkyl carbamates (subject to hydrolysis) is 1. The number of hydrogen-bond donors (Lipinski definition) is 3. The van der Waals surface area contributed by atoms with E-state index in [1.54, 1.807) is 0 Å². The molecule has 1 aliphatic carbocycles. The van der Waals surface area contributed by atoms with Gasteiger partial charge in [-0.25, -0.2) is 19.6 Å². The van der Waals surface area contributed by atoms with Crippen molar-refractivity contribution in [1.29, 1.82) is 0 Å². The van der Waals surface area contributed by atoms with E-state index < -0.39 is 24.1 Å². The van der Waals surface area contributed by atoms with E-state index in [1.807, 2.05) is 36.4 Å². The normalized spacial score (nSPS) is 12.8. The number of methoxy groups -OCH3 is 1. The first kappa shape index (κ1) is 23.8. The second-order valence-electron chi connectivity index (χ2n) is 7.84. The van der Waals surface area contributed by atoms with Gasteiger partial charge in [0, 0.05) is 25.4 Å². The Bertz CT molecular complexity index is 1190. The van der Waals surface area contributed by atoms with Gasteiger partial charge in [-0.05, 0) is 22.3 Å². The summed E-state index contributed by atoms with van der Waals surface area (Å²) in [7, 11) is 1.24. The molecule has 0 spiro atoms. The van der Waals surface area contributed by atoms with E-state index >= 15 is 0 Å². The number of aliphatic carboxylic acids is 1. The van der Waals surface area contributed by atoms with Crippen LogP contribution in [-0.4, -0.2) is 59.4 Å². The quantitative estimate of drug-likeness (QED) is 0.428. The van der Waals surface area contributed by atoms with Crippen molar-refractivity contribution < 1.29 is 29.0 Å². The lowest BCUT2D eigenvalue weighted by Crippen LogP contribution is -2.37. The lowest BCUT2D eigenvalue weighted by molar-refractivity contribution is -0.148. The minimum atomic E-state index is -1.18. The molecular formula is C25H24N4O6. The molecule has 0 saturated heterocycles. The number of ether oxygens (including phenoxy) is 2. The van der Waals surface area contributed by atoms with E-state index in [-0.39, 0.29) is 37.0 Å². The molecule has 0 radical (unpaired) electrons. The van der Waals surface area contributed by atoms with Gasteiger partial charge in [-0.1, -0.05) is 48.5 Å². The number of carboxylic acid groups (broad SMARTS) is 1. The van der Waals surface area contributed by atoms with Gasteiger partial charge in [0.2, 0.25) is 0 Å². The van der Waals surface area contributed by atoms with Crippen molar-refractivity contribution in [3.8, 4) is 11.1 Å². The van der Waals surface area contributed by atoms with Gasteiger partial charge in [0.1, 0.15) is 12.4 Å². The number of rotatable bonds is 9. The molecule has 180 valence electrons. The molecule has 0 saturated carbocycles. The lowest BCUT2D eigenvalue weighted by Gasteiger charge is -2.14. The highest BCUT2D eigenvalue weighted by Crippen LogP contribution is 2.44. The zero-order chi connectivity index (χ0) is 24.8. The van der Waals surface area contributed by atoms with Gasteiger partial charge >= 0.3 is 12.1 Å². The average molecular weight is 476 g/mol. The van der Waals surface area contributed by atoms with E-state index in [1.165, 1.54) is 19.5 Å². The summed E-state index contributed by atoms with van der Waals surface area (Å²) in [5.41, 5.74) is 4.69. The van der Waals surface area contributed by atoms with Crippen LogP contribution in [0.5, 0.6) is 0 Å². The van der Waals surface area contributed by atoms with Crippen molar-refractivity contribution >= 4 is 18.0 Å². The largest absolute Gasteiger partial charge is 0.479 e. The SMILES string of the molecule is COC(CNC(=O)c1cnc(CNC(=O)OCC2c3ccccc3-c3ccccc32)nc1)C(=O)O.